The molecule has 3 rings (SSSR count). The zero-order chi connectivity index (χ0) is 20.9. The fourth-order valence-corrected chi connectivity index (χ4v) is 4.33. The average molecular weight is 394 g/mol. The van der Waals surface area contributed by atoms with Crippen LogP contribution in [0.3, 0.4) is 0 Å². The number of rotatable bonds is 7. The maximum atomic E-state index is 13.5. The average Bonchev–Trinajstić information content (AvgIpc) is 2.75. The summed E-state index contributed by atoms with van der Waals surface area (Å²) in [7, 11) is 0. The van der Waals surface area contributed by atoms with E-state index in [0.29, 0.717) is 6.04 Å². The molecule has 4 heteroatoms. The summed E-state index contributed by atoms with van der Waals surface area (Å²) < 4.78 is 0. The maximum absolute atomic E-state index is 13.5. The summed E-state index contributed by atoms with van der Waals surface area (Å²) in [5, 5.41) is 6.86. The Kier molecular flexibility index (Phi) is 7.09. The minimum Gasteiger partial charge on any atom is -0.324 e. The summed E-state index contributed by atoms with van der Waals surface area (Å²) in [5.74, 6) is 0.107. The van der Waals surface area contributed by atoms with Crippen molar-refractivity contribution in [1.82, 2.24) is 10.2 Å². The van der Waals surface area contributed by atoms with Crippen molar-refractivity contribution in [2.24, 2.45) is 0 Å². The summed E-state index contributed by atoms with van der Waals surface area (Å²) in [6.45, 7) is 11.2. The van der Waals surface area contributed by atoms with E-state index in [2.05, 4.69) is 85.7 Å². The normalized spacial score (nSPS) is 17.7. The van der Waals surface area contributed by atoms with Crippen LogP contribution in [0.15, 0.2) is 48.5 Å². The lowest BCUT2D eigenvalue weighted by molar-refractivity contribution is -0.124. The van der Waals surface area contributed by atoms with E-state index >= 15 is 0 Å². The van der Waals surface area contributed by atoms with Crippen LogP contribution in [0.2, 0.25) is 0 Å². The molecule has 1 aliphatic heterocycles. The topological polar surface area (TPSA) is 44.4 Å². The van der Waals surface area contributed by atoms with Gasteiger partial charge in [0.25, 0.3) is 0 Å². The molecule has 1 atom stereocenters. The number of nitrogens with zero attached hydrogens (tertiary/aromatic N) is 1. The van der Waals surface area contributed by atoms with Crippen LogP contribution in [0.4, 0.5) is 5.69 Å². The van der Waals surface area contributed by atoms with Crippen LogP contribution >= 0.6 is 0 Å². The van der Waals surface area contributed by atoms with Crippen molar-refractivity contribution in [3.63, 3.8) is 0 Å². The van der Waals surface area contributed by atoms with Crippen LogP contribution in [0, 0.1) is 13.8 Å². The number of nitrogens with one attached hydrogen (secondary N) is 2. The minimum absolute atomic E-state index is 0.107. The first-order valence-electron chi connectivity index (χ1n) is 10.9. The second-order valence-electron chi connectivity index (χ2n) is 8.35. The van der Waals surface area contributed by atoms with E-state index in [1.54, 1.807) is 0 Å². The maximum Gasteiger partial charge on any atom is 0.244 e. The summed E-state index contributed by atoms with van der Waals surface area (Å²) in [4.78, 5) is 15.9. The number of hydrogen-bond acceptors (Lipinski definition) is 3. The standard InChI is InChI=1S/C25H35N3O/c1-5-16-26-25(24(29)27-23-19(2)10-9-11-20(23)3)14-17-28(18-15-25)21(4)22-12-7-6-8-13-22/h6-13,21,26H,5,14-18H2,1-4H3,(H,27,29). The van der Waals surface area contributed by atoms with Crippen molar-refractivity contribution in [3.8, 4) is 0 Å². The quantitative estimate of drug-likeness (QED) is 0.708. The summed E-state index contributed by atoms with van der Waals surface area (Å²) in [5.41, 5.74) is 4.01. The van der Waals surface area contributed by atoms with Crippen molar-refractivity contribution in [2.45, 2.75) is 58.5 Å². The van der Waals surface area contributed by atoms with E-state index in [-0.39, 0.29) is 5.91 Å². The van der Waals surface area contributed by atoms with E-state index in [4.69, 9.17) is 0 Å². The molecule has 0 spiro atoms. The van der Waals surface area contributed by atoms with E-state index in [9.17, 15) is 4.79 Å². The highest BCUT2D eigenvalue weighted by Gasteiger charge is 2.41. The molecule has 4 nitrogen and oxygen atoms in total. The number of amides is 1. The second kappa shape index (κ2) is 9.55. The lowest BCUT2D eigenvalue weighted by Crippen LogP contribution is -2.60. The highest BCUT2D eigenvalue weighted by Crippen LogP contribution is 2.31. The number of benzene rings is 2. The Bertz CT molecular complexity index is 790. The van der Waals surface area contributed by atoms with Crippen molar-refractivity contribution >= 4 is 11.6 Å². The van der Waals surface area contributed by atoms with E-state index in [1.807, 2.05) is 6.07 Å². The zero-order valence-corrected chi connectivity index (χ0v) is 18.3. The molecule has 29 heavy (non-hydrogen) atoms. The van der Waals surface area contributed by atoms with Crippen molar-refractivity contribution in [3.05, 3.63) is 65.2 Å². The summed E-state index contributed by atoms with van der Waals surface area (Å²) in [6, 6.07) is 17.1. The summed E-state index contributed by atoms with van der Waals surface area (Å²) >= 11 is 0. The third-order valence-corrected chi connectivity index (χ3v) is 6.35. The Morgan fingerprint density at radius 2 is 1.66 bits per heavy atom. The Balaban J connectivity index is 1.74. The third-order valence-electron chi connectivity index (χ3n) is 6.35. The zero-order valence-electron chi connectivity index (χ0n) is 18.3. The predicted octanol–water partition coefficient (Wildman–Crippen LogP) is 4.84. The molecule has 1 saturated heterocycles. The number of carbonyl (C=O) groups excluding carboxylic acids is 1. The van der Waals surface area contributed by atoms with Crippen LogP contribution in [0.1, 0.15) is 55.8 Å². The van der Waals surface area contributed by atoms with Crippen molar-refractivity contribution in [1.29, 1.82) is 0 Å². The molecule has 2 aromatic rings. The van der Waals surface area contributed by atoms with Crippen molar-refractivity contribution in [2.75, 3.05) is 25.0 Å². The number of para-hydroxylation sites is 1. The van der Waals surface area contributed by atoms with Crippen LogP contribution in [-0.2, 0) is 4.79 Å². The van der Waals surface area contributed by atoms with Crippen LogP contribution in [0.5, 0.6) is 0 Å². The molecule has 0 radical (unpaired) electrons. The van der Waals surface area contributed by atoms with Gasteiger partial charge < -0.3 is 10.6 Å². The van der Waals surface area contributed by atoms with Gasteiger partial charge in [-0.1, -0.05) is 55.5 Å². The van der Waals surface area contributed by atoms with Crippen LogP contribution in [-0.4, -0.2) is 36.0 Å². The Labute approximate surface area is 175 Å². The highest BCUT2D eigenvalue weighted by molar-refractivity contribution is 5.99. The van der Waals surface area contributed by atoms with Gasteiger partial charge in [0.15, 0.2) is 0 Å². The van der Waals surface area contributed by atoms with Gasteiger partial charge in [-0.05, 0) is 63.3 Å². The van der Waals surface area contributed by atoms with Gasteiger partial charge in [-0.2, -0.15) is 0 Å². The molecule has 1 amide bonds. The Morgan fingerprint density at radius 3 is 2.24 bits per heavy atom. The van der Waals surface area contributed by atoms with Gasteiger partial charge in [0.05, 0.1) is 0 Å². The van der Waals surface area contributed by atoms with Gasteiger partial charge in [0, 0.05) is 24.8 Å². The molecule has 0 bridgehead atoms. The number of anilines is 1. The van der Waals surface area contributed by atoms with E-state index in [1.165, 1.54) is 5.56 Å². The molecule has 0 aliphatic carbocycles. The fraction of sp³-hybridized carbons (Fsp3) is 0.480. The highest BCUT2D eigenvalue weighted by atomic mass is 16.2. The molecule has 1 unspecified atom stereocenters. The number of carbonyl (C=O) groups is 1. The molecule has 1 aliphatic rings. The van der Waals surface area contributed by atoms with Gasteiger partial charge in [-0.25, -0.2) is 0 Å². The molecule has 2 N–H and O–H groups in total. The Morgan fingerprint density at radius 1 is 1.03 bits per heavy atom. The number of hydrogen-bond donors (Lipinski definition) is 2. The second-order valence-corrected chi connectivity index (χ2v) is 8.35. The van der Waals surface area contributed by atoms with Crippen LogP contribution < -0.4 is 10.6 Å². The SMILES string of the molecule is CCCNC1(C(=O)Nc2c(C)cccc2C)CCN(C(C)c2ccccc2)CC1. The smallest absolute Gasteiger partial charge is 0.244 e. The lowest BCUT2D eigenvalue weighted by atomic mass is 9.85. The molecule has 156 valence electrons. The molecular formula is C25H35N3O. The molecule has 1 fully saturated rings. The summed E-state index contributed by atoms with van der Waals surface area (Å²) in [6.07, 6.45) is 2.66. The molecule has 1 heterocycles. The van der Waals surface area contributed by atoms with E-state index < -0.39 is 5.54 Å². The van der Waals surface area contributed by atoms with Gasteiger partial charge in [0.1, 0.15) is 5.54 Å². The van der Waals surface area contributed by atoms with Gasteiger partial charge in [-0.15, -0.1) is 0 Å². The van der Waals surface area contributed by atoms with Gasteiger partial charge in [0.2, 0.25) is 5.91 Å². The molecule has 2 aromatic carbocycles. The Hall–Kier alpha value is -2.17. The largest absolute Gasteiger partial charge is 0.324 e. The number of piperidine rings is 1. The number of likely N-dealkylation sites (tertiary alicyclic amines) is 1. The first kappa shape index (κ1) is 21.5. The first-order valence-corrected chi connectivity index (χ1v) is 10.9. The van der Waals surface area contributed by atoms with E-state index in [0.717, 1.165) is 55.7 Å². The lowest BCUT2D eigenvalue weighted by Gasteiger charge is -2.43. The number of aryl methyl sites for hydroxylation is 2. The van der Waals surface area contributed by atoms with Gasteiger partial charge >= 0.3 is 0 Å². The monoisotopic (exact) mass is 393 g/mol. The fourth-order valence-electron chi connectivity index (χ4n) is 4.33. The van der Waals surface area contributed by atoms with Crippen LogP contribution in [0.25, 0.3) is 0 Å². The van der Waals surface area contributed by atoms with Crippen molar-refractivity contribution < 1.29 is 4.79 Å². The third kappa shape index (κ3) is 4.88. The minimum atomic E-state index is -0.502. The molecule has 0 saturated carbocycles. The predicted molar refractivity (Wildman–Crippen MR) is 121 cm³/mol. The molecular weight excluding hydrogens is 358 g/mol. The van der Waals surface area contributed by atoms with Gasteiger partial charge in [-0.3, -0.25) is 9.69 Å². The molecule has 0 aromatic heterocycles. The first-order chi connectivity index (χ1) is 14.0.